The normalized spacial score (nSPS) is 10.2. The van der Waals surface area contributed by atoms with E-state index in [9.17, 15) is 4.79 Å². The van der Waals surface area contributed by atoms with E-state index in [1.807, 2.05) is 26.0 Å². The molecule has 0 aliphatic rings. The van der Waals surface area contributed by atoms with Gasteiger partial charge in [-0.1, -0.05) is 23.7 Å². The van der Waals surface area contributed by atoms with Gasteiger partial charge in [0.2, 0.25) is 0 Å². The molecule has 0 saturated carbocycles. The predicted molar refractivity (Wildman–Crippen MR) is 56.3 cm³/mol. The Balaban J connectivity index is 2.83. The molecule has 3 nitrogen and oxygen atoms in total. The maximum absolute atomic E-state index is 11.4. The number of hydrazone groups is 1. The summed E-state index contributed by atoms with van der Waals surface area (Å²) in [5, 5.41) is 3.66. The maximum atomic E-state index is 11.4. The van der Waals surface area contributed by atoms with E-state index < -0.39 is 0 Å². The van der Waals surface area contributed by atoms with Gasteiger partial charge >= 0.3 is 0 Å². The van der Waals surface area contributed by atoms with Crippen LogP contribution in [0.1, 0.15) is 17.3 Å². The summed E-state index contributed by atoms with van der Waals surface area (Å²) < 4.78 is 0. The Kier molecular flexibility index (Phi) is 3.26. The molecule has 13 heavy (non-hydrogen) atoms. The minimum Gasteiger partial charge on any atom is -0.267 e. The van der Waals surface area contributed by atoms with Gasteiger partial charge in [-0.15, -0.1) is 0 Å². The van der Waals surface area contributed by atoms with Crippen molar-refractivity contribution in [2.75, 3.05) is 0 Å². The molecule has 0 fully saturated rings. The molecule has 1 aromatic carbocycles. The lowest BCUT2D eigenvalue weighted by molar-refractivity contribution is 0.0956. The number of nitrogens with one attached hydrogen (secondary N) is 1. The van der Waals surface area contributed by atoms with Crippen LogP contribution in [0, 0.1) is 0 Å². The number of nitrogens with zero attached hydrogens (tertiary/aromatic N) is 1. The van der Waals surface area contributed by atoms with Crippen molar-refractivity contribution in [3.8, 4) is 0 Å². The molecular weight excluding hydrogens is 163 g/mol. The summed E-state index contributed by atoms with van der Waals surface area (Å²) in [5.41, 5.74) is 4.03. The SMILES string of the molecule is Bc1ccccc1C(=O)N/N=C/C. The van der Waals surface area contributed by atoms with Crippen molar-refractivity contribution in [2.24, 2.45) is 5.10 Å². The van der Waals surface area contributed by atoms with Gasteiger partial charge in [0.05, 0.1) is 0 Å². The third kappa shape index (κ3) is 2.44. The molecule has 0 spiro atoms. The molecule has 0 heterocycles. The van der Waals surface area contributed by atoms with Crippen LogP contribution in [0.3, 0.4) is 0 Å². The molecule has 66 valence electrons. The molecule has 1 amide bonds. The molecule has 0 aliphatic heterocycles. The highest BCUT2D eigenvalue weighted by Gasteiger charge is 2.05. The van der Waals surface area contributed by atoms with Crippen molar-refractivity contribution >= 4 is 25.4 Å². The van der Waals surface area contributed by atoms with Gasteiger partial charge in [0.25, 0.3) is 5.91 Å². The Hall–Kier alpha value is -1.58. The van der Waals surface area contributed by atoms with Gasteiger partial charge in [-0.25, -0.2) is 5.43 Å². The third-order valence-electron chi connectivity index (χ3n) is 1.68. The van der Waals surface area contributed by atoms with Gasteiger partial charge in [0.15, 0.2) is 0 Å². The summed E-state index contributed by atoms with van der Waals surface area (Å²) >= 11 is 0. The number of carbonyl (C=O) groups is 1. The highest BCUT2D eigenvalue weighted by molar-refractivity contribution is 6.36. The molecule has 0 atom stereocenters. The largest absolute Gasteiger partial charge is 0.270 e. The second kappa shape index (κ2) is 4.45. The number of amides is 1. The highest BCUT2D eigenvalue weighted by Crippen LogP contribution is 1.93. The first-order valence-corrected chi connectivity index (χ1v) is 4.09. The predicted octanol–water partition coefficient (Wildman–Crippen LogP) is -0.319. The fourth-order valence-corrected chi connectivity index (χ4v) is 1.01. The van der Waals surface area contributed by atoms with Gasteiger partial charge in [0, 0.05) is 11.8 Å². The van der Waals surface area contributed by atoms with E-state index >= 15 is 0 Å². The molecular formula is C9H11BN2O. The van der Waals surface area contributed by atoms with E-state index in [1.165, 1.54) is 6.21 Å². The molecule has 0 aromatic heterocycles. The molecule has 0 bridgehead atoms. The summed E-state index contributed by atoms with van der Waals surface area (Å²) in [5.74, 6) is -0.170. The van der Waals surface area contributed by atoms with Crippen LogP contribution in [0.15, 0.2) is 29.4 Å². The highest BCUT2D eigenvalue weighted by atomic mass is 16.2. The van der Waals surface area contributed by atoms with Crippen molar-refractivity contribution in [1.82, 2.24) is 5.43 Å². The van der Waals surface area contributed by atoms with Crippen LogP contribution in [-0.4, -0.2) is 20.0 Å². The van der Waals surface area contributed by atoms with Crippen LogP contribution in [0.25, 0.3) is 0 Å². The number of hydrogen-bond donors (Lipinski definition) is 1. The van der Waals surface area contributed by atoms with Gasteiger partial charge in [-0.2, -0.15) is 5.10 Å². The summed E-state index contributed by atoms with van der Waals surface area (Å²) in [7, 11) is 1.89. The quantitative estimate of drug-likeness (QED) is 0.372. The lowest BCUT2D eigenvalue weighted by Crippen LogP contribution is -2.24. The first-order chi connectivity index (χ1) is 6.25. The summed E-state index contributed by atoms with van der Waals surface area (Å²) in [6.07, 6.45) is 1.54. The number of rotatable bonds is 2. The van der Waals surface area contributed by atoms with Crippen LogP contribution < -0.4 is 10.9 Å². The molecule has 1 rings (SSSR count). The van der Waals surface area contributed by atoms with Crippen LogP contribution >= 0.6 is 0 Å². The fourth-order valence-electron chi connectivity index (χ4n) is 1.01. The Morgan fingerprint density at radius 3 is 2.85 bits per heavy atom. The van der Waals surface area contributed by atoms with Crippen molar-refractivity contribution in [3.63, 3.8) is 0 Å². The van der Waals surface area contributed by atoms with Crippen LogP contribution in [-0.2, 0) is 0 Å². The monoisotopic (exact) mass is 174 g/mol. The third-order valence-corrected chi connectivity index (χ3v) is 1.68. The topological polar surface area (TPSA) is 41.5 Å². The van der Waals surface area contributed by atoms with Crippen molar-refractivity contribution < 1.29 is 4.79 Å². The molecule has 0 radical (unpaired) electrons. The lowest BCUT2D eigenvalue weighted by Gasteiger charge is -2.02. The first-order valence-electron chi connectivity index (χ1n) is 4.09. The van der Waals surface area contributed by atoms with Gasteiger partial charge in [0.1, 0.15) is 7.85 Å². The Labute approximate surface area is 78.3 Å². The van der Waals surface area contributed by atoms with E-state index in [0.717, 1.165) is 5.46 Å². The number of benzene rings is 1. The number of hydrogen-bond acceptors (Lipinski definition) is 2. The van der Waals surface area contributed by atoms with E-state index in [0.29, 0.717) is 5.56 Å². The van der Waals surface area contributed by atoms with Crippen LogP contribution in [0.4, 0.5) is 0 Å². The van der Waals surface area contributed by atoms with Crippen molar-refractivity contribution in [1.29, 1.82) is 0 Å². The molecule has 0 aliphatic carbocycles. The van der Waals surface area contributed by atoms with Crippen molar-refractivity contribution in [2.45, 2.75) is 6.92 Å². The van der Waals surface area contributed by atoms with E-state index in [1.54, 1.807) is 13.0 Å². The minimum absolute atomic E-state index is 0.170. The first kappa shape index (κ1) is 9.51. The average Bonchev–Trinajstić information content (AvgIpc) is 2.15. The minimum atomic E-state index is -0.170. The number of carbonyl (C=O) groups excluding carboxylic acids is 1. The summed E-state index contributed by atoms with van der Waals surface area (Å²) in [6, 6.07) is 7.40. The van der Waals surface area contributed by atoms with Crippen LogP contribution in [0.2, 0.25) is 0 Å². The molecule has 0 unspecified atom stereocenters. The second-order valence-electron chi connectivity index (χ2n) is 2.64. The smallest absolute Gasteiger partial charge is 0.267 e. The zero-order chi connectivity index (χ0) is 9.68. The second-order valence-corrected chi connectivity index (χ2v) is 2.64. The van der Waals surface area contributed by atoms with E-state index in [2.05, 4.69) is 10.5 Å². The van der Waals surface area contributed by atoms with Crippen molar-refractivity contribution in [3.05, 3.63) is 29.8 Å². The average molecular weight is 174 g/mol. The van der Waals surface area contributed by atoms with Gasteiger partial charge in [-0.05, 0) is 13.0 Å². The molecule has 0 saturated heterocycles. The van der Waals surface area contributed by atoms with E-state index in [-0.39, 0.29) is 5.91 Å². The molecule has 4 heteroatoms. The Morgan fingerprint density at radius 1 is 1.54 bits per heavy atom. The van der Waals surface area contributed by atoms with Gasteiger partial charge < -0.3 is 0 Å². The van der Waals surface area contributed by atoms with Gasteiger partial charge in [-0.3, -0.25) is 4.79 Å². The molecule has 1 N–H and O–H groups in total. The summed E-state index contributed by atoms with van der Waals surface area (Å²) in [4.78, 5) is 11.4. The zero-order valence-electron chi connectivity index (χ0n) is 7.74. The zero-order valence-corrected chi connectivity index (χ0v) is 7.74. The lowest BCUT2D eigenvalue weighted by atomic mass is 9.90. The fraction of sp³-hybridized carbons (Fsp3) is 0.111. The Bertz CT molecular complexity index is 336. The van der Waals surface area contributed by atoms with E-state index in [4.69, 9.17) is 0 Å². The van der Waals surface area contributed by atoms with Crippen LogP contribution in [0.5, 0.6) is 0 Å². The Morgan fingerprint density at radius 2 is 2.23 bits per heavy atom. The molecule has 1 aromatic rings. The standard InChI is InChI=1S/C9H11BN2O/c1-2-11-12-9(13)7-5-3-4-6-8(7)10/h2-6H,10H2,1H3,(H,12,13)/b11-2+. The maximum Gasteiger partial charge on any atom is 0.270 e. The summed E-state index contributed by atoms with van der Waals surface area (Å²) in [6.45, 7) is 1.75.